The molecule has 2 rings (SSSR count). The molecule has 1 N–H and O–H groups in total. The van der Waals surface area contributed by atoms with Gasteiger partial charge in [0.25, 0.3) is 5.91 Å². The van der Waals surface area contributed by atoms with E-state index in [-0.39, 0.29) is 24.9 Å². The molecule has 20 heavy (non-hydrogen) atoms. The Morgan fingerprint density at radius 2 is 2.05 bits per heavy atom. The standard InChI is InChI=1S/C15H22N2O2.ClH/c1-12-4-5-14(10-13(12)2)19-11-15(18)17-8-3-6-16-7-9-17;/h4-5,10,16H,3,6-9,11H2,1-2H3;1H. The van der Waals surface area contributed by atoms with Crippen LogP contribution in [0.15, 0.2) is 18.2 Å². The van der Waals surface area contributed by atoms with Crippen LogP contribution in [0, 0.1) is 13.8 Å². The van der Waals surface area contributed by atoms with Crippen molar-refractivity contribution < 1.29 is 9.53 Å². The molecule has 1 aromatic carbocycles. The Hall–Kier alpha value is -1.26. The number of nitrogens with zero attached hydrogens (tertiary/aromatic N) is 1. The number of amides is 1. The van der Waals surface area contributed by atoms with E-state index in [2.05, 4.69) is 12.2 Å². The van der Waals surface area contributed by atoms with Crippen molar-refractivity contribution >= 4 is 18.3 Å². The van der Waals surface area contributed by atoms with Gasteiger partial charge in [-0.2, -0.15) is 0 Å². The zero-order chi connectivity index (χ0) is 13.7. The molecular weight excluding hydrogens is 276 g/mol. The Morgan fingerprint density at radius 1 is 1.25 bits per heavy atom. The maximum atomic E-state index is 12.0. The minimum atomic E-state index is 0. The fourth-order valence-electron chi connectivity index (χ4n) is 2.14. The molecule has 1 heterocycles. The molecular formula is C15H23ClN2O2. The van der Waals surface area contributed by atoms with Crippen molar-refractivity contribution in [1.82, 2.24) is 10.2 Å². The topological polar surface area (TPSA) is 41.6 Å². The molecule has 112 valence electrons. The quantitative estimate of drug-likeness (QED) is 0.927. The van der Waals surface area contributed by atoms with Gasteiger partial charge in [-0.1, -0.05) is 6.07 Å². The summed E-state index contributed by atoms with van der Waals surface area (Å²) >= 11 is 0. The number of halogens is 1. The van der Waals surface area contributed by atoms with Crippen molar-refractivity contribution in [3.63, 3.8) is 0 Å². The second-order valence-corrected chi connectivity index (χ2v) is 5.02. The normalized spacial score (nSPS) is 15.2. The molecule has 1 aromatic rings. The van der Waals surface area contributed by atoms with E-state index in [1.807, 2.05) is 30.0 Å². The maximum absolute atomic E-state index is 12.0. The van der Waals surface area contributed by atoms with E-state index in [1.165, 1.54) is 11.1 Å². The molecule has 0 unspecified atom stereocenters. The number of ether oxygens (including phenoxy) is 1. The fraction of sp³-hybridized carbons (Fsp3) is 0.533. The van der Waals surface area contributed by atoms with Crippen LogP contribution in [0.1, 0.15) is 17.5 Å². The van der Waals surface area contributed by atoms with Gasteiger partial charge in [-0.15, -0.1) is 12.4 Å². The average Bonchev–Trinajstić information content (AvgIpc) is 2.69. The first-order valence-electron chi connectivity index (χ1n) is 6.85. The smallest absolute Gasteiger partial charge is 0.260 e. The van der Waals surface area contributed by atoms with Gasteiger partial charge >= 0.3 is 0 Å². The first-order valence-corrected chi connectivity index (χ1v) is 6.85. The molecule has 1 fully saturated rings. The van der Waals surface area contributed by atoms with Gasteiger partial charge in [0, 0.05) is 19.6 Å². The number of hydrogen-bond acceptors (Lipinski definition) is 3. The summed E-state index contributed by atoms with van der Waals surface area (Å²) in [6.45, 7) is 7.69. The Balaban J connectivity index is 0.00000200. The monoisotopic (exact) mass is 298 g/mol. The number of hydrogen-bond donors (Lipinski definition) is 1. The summed E-state index contributed by atoms with van der Waals surface area (Å²) < 4.78 is 5.59. The highest BCUT2D eigenvalue weighted by molar-refractivity contribution is 5.85. The van der Waals surface area contributed by atoms with Gasteiger partial charge < -0.3 is 15.0 Å². The Bertz CT molecular complexity index is 443. The van der Waals surface area contributed by atoms with Gasteiger partial charge in [-0.05, 0) is 50.1 Å². The predicted molar refractivity (Wildman–Crippen MR) is 82.7 cm³/mol. The Labute approximate surface area is 126 Å². The van der Waals surface area contributed by atoms with Crippen LogP contribution < -0.4 is 10.1 Å². The van der Waals surface area contributed by atoms with E-state index in [4.69, 9.17) is 4.74 Å². The summed E-state index contributed by atoms with van der Waals surface area (Å²) in [4.78, 5) is 13.9. The molecule has 0 saturated carbocycles. The Morgan fingerprint density at radius 3 is 2.80 bits per heavy atom. The minimum absolute atomic E-state index is 0. The molecule has 0 atom stereocenters. The van der Waals surface area contributed by atoms with Crippen molar-refractivity contribution in [2.75, 3.05) is 32.8 Å². The third-order valence-corrected chi connectivity index (χ3v) is 3.53. The lowest BCUT2D eigenvalue weighted by atomic mass is 10.1. The van der Waals surface area contributed by atoms with Crippen molar-refractivity contribution in [2.24, 2.45) is 0 Å². The largest absolute Gasteiger partial charge is 0.484 e. The van der Waals surface area contributed by atoms with Crippen LogP contribution in [0.2, 0.25) is 0 Å². The fourth-order valence-corrected chi connectivity index (χ4v) is 2.14. The lowest BCUT2D eigenvalue weighted by Crippen LogP contribution is -2.37. The average molecular weight is 299 g/mol. The van der Waals surface area contributed by atoms with E-state index in [1.54, 1.807) is 0 Å². The molecule has 1 amide bonds. The first-order chi connectivity index (χ1) is 9.16. The predicted octanol–water partition coefficient (Wildman–Crippen LogP) is 1.93. The molecule has 0 aliphatic carbocycles. The van der Waals surface area contributed by atoms with Gasteiger partial charge in [-0.3, -0.25) is 4.79 Å². The molecule has 0 radical (unpaired) electrons. The van der Waals surface area contributed by atoms with Crippen LogP contribution >= 0.6 is 12.4 Å². The second-order valence-electron chi connectivity index (χ2n) is 5.02. The third-order valence-electron chi connectivity index (χ3n) is 3.53. The van der Waals surface area contributed by atoms with Crippen LogP contribution in [-0.2, 0) is 4.79 Å². The highest BCUT2D eigenvalue weighted by Gasteiger charge is 2.15. The third kappa shape index (κ3) is 4.69. The van der Waals surface area contributed by atoms with Gasteiger partial charge in [-0.25, -0.2) is 0 Å². The zero-order valence-electron chi connectivity index (χ0n) is 12.1. The van der Waals surface area contributed by atoms with Crippen molar-refractivity contribution in [3.8, 4) is 5.75 Å². The summed E-state index contributed by atoms with van der Waals surface area (Å²) in [5.74, 6) is 0.839. The molecule has 0 aromatic heterocycles. The molecule has 0 bridgehead atoms. The van der Waals surface area contributed by atoms with Crippen LogP contribution in [0.25, 0.3) is 0 Å². The van der Waals surface area contributed by atoms with Crippen molar-refractivity contribution in [3.05, 3.63) is 29.3 Å². The highest BCUT2D eigenvalue weighted by Crippen LogP contribution is 2.16. The zero-order valence-corrected chi connectivity index (χ0v) is 13.0. The van der Waals surface area contributed by atoms with E-state index >= 15 is 0 Å². The van der Waals surface area contributed by atoms with Gasteiger partial charge in [0.2, 0.25) is 0 Å². The lowest BCUT2D eigenvalue weighted by molar-refractivity contribution is -0.133. The van der Waals surface area contributed by atoms with E-state index < -0.39 is 0 Å². The summed E-state index contributed by atoms with van der Waals surface area (Å²) in [7, 11) is 0. The van der Waals surface area contributed by atoms with E-state index in [9.17, 15) is 4.79 Å². The number of carbonyl (C=O) groups is 1. The lowest BCUT2D eigenvalue weighted by Gasteiger charge is -2.20. The van der Waals surface area contributed by atoms with Crippen LogP contribution in [0.3, 0.4) is 0 Å². The molecule has 5 heteroatoms. The summed E-state index contributed by atoms with van der Waals surface area (Å²) in [6.07, 6.45) is 1.01. The minimum Gasteiger partial charge on any atom is -0.484 e. The highest BCUT2D eigenvalue weighted by atomic mass is 35.5. The van der Waals surface area contributed by atoms with Gasteiger partial charge in [0.05, 0.1) is 0 Å². The first kappa shape index (κ1) is 16.8. The molecule has 1 aliphatic heterocycles. The molecule has 1 saturated heterocycles. The van der Waals surface area contributed by atoms with Crippen LogP contribution in [0.4, 0.5) is 0 Å². The van der Waals surface area contributed by atoms with Crippen LogP contribution in [0.5, 0.6) is 5.75 Å². The van der Waals surface area contributed by atoms with E-state index in [0.717, 1.165) is 38.3 Å². The van der Waals surface area contributed by atoms with Crippen molar-refractivity contribution in [1.29, 1.82) is 0 Å². The van der Waals surface area contributed by atoms with Gasteiger partial charge in [0.15, 0.2) is 6.61 Å². The number of benzene rings is 1. The number of nitrogens with one attached hydrogen (secondary N) is 1. The summed E-state index contributed by atoms with van der Waals surface area (Å²) in [6, 6.07) is 5.91. The molecule has 0 spiro atoms. The second kappa shape index (κ2) is 8.12. The summed E-state index contributed by atoms with van der Waals surface area (Å²) in [5.41, 5.74) is 2.42. The van der Waals surface area contributed by atoms with Gasteiger partial charge in [0.1, 0.15) is 5.75 Å². The maximum Gasteiger partial charge on any atom is 0.260 e. The number of rotatable bonds is 3. The molecule has 1 aliphatic rings. The Kier molecular flexibility index (Phi) is 6.82. The van der Waals surface area contributed by atoms with Crippen molar-refractivity contribution in [2.45, 2.75) is 20.3 Å². The van der Waals surface area contributed by atoms with E-state index in [0.29, 0.717) is 0 Å². The SMILES string of the molecule is Cc1ccc(OCC(=O)N2CCCNCC2)cc1C.Cl. The summed E-state index contributed by atoms with van der Waals surface area (Å²) in [5, 5.41) is 3.28. The molecule has 4 nitrogen and oxygen atoms in total. The number of carbonyl (C=O) groups excluding carboxylic acids is 1. The number of aryl methyl sites for hydroxylation is 2. The van der Waals surface area contributed by atoms with Crippen LogP contribution in [-0.4, -0.2) is 43.6 Å².